The molecular formula is C25H22N2O4S. The fraction of sp³-hybridized carbons (Fsp3) is 0.120. The first-order valence-corrected chi connectivity index (χ1v) is 11.9. The second-order valence-corrected chi connectivity index (χ2v) is 9.33. The van der Waals surface area contributed by atoms with Crippen LogP contribution in [0.25, 0.3) is 22.3 Å². The van der Waals surface area contributed by atoms with E-state index >= 15 is 0 Å². The Kier molecular flexibility index (Phi) is 5.92. The van der Waals surface area contributed by atoms with Crippen LogP contribution < -0.4 is 10.3 Å². The van der Waals surface area contributed by atoms with Crippen LogP contribution in [0.2, 0.25) is 0 Å². The Labute approximate surface area is 186 Å². The highest BCUT2D eigenvalue weighted by atomic mass is 32.2. The van der Waals surface area contributed by atoms with Crippen LogP contribution in [0, 0.1) is 0 Å². The van der Waals surface area contributed by atoms with Gasteiger partial charge < -0.3 is 4.74 Å². The summed E-state index contributed by atoms with van der Waals surface area (Å²) in [7, 11) is -2.00. The van der Waals surface area contributed by atoms with Crippen molar-refractivity contribution >= 4 is 9.84 Å². The van der Waals surface area contributed by atoms with Crippen LogP contribution in [0.5, 0.6) is 5.75 Å². The fourth-order valence-electron chi connectivity index (χ4n) is 3.69. The summed E-state index contributed by atoms with van der Waals surface area (Å²) in [6, 6.07) is 23.4. The van der Waals surface area contributed by atoms with Crippen LogP contribution in [0.15, 0.2) is 94.7 Å². The van der Waals surface area contributed by atoms with Crippen LogP contribution in [-0.2, 0) is 16.4 Å². The van der Waals surface area contributed by atoms with Gasteiger partial charge in [-0.2, -0.15) is 5.10 Å². The van der Waals surface area contributed by atoms with Crippen LogP contribution in [0.4, 0.5) is 0 Å². The molecule has 4 aromatic rings. The van der Waals surface area contributed by atoms with Crippen molar-refractivity contribution < 1.29 is 13.2 Å². The number of ether oxygens (including phenoxy) is 1. The van der Waals surface area contributed by atoms with Gasteiger partial charge >= 0.3 is 0 Å². The van der Waals surface area contributed by atoms with E-state index in [1.54, 1.807) is 36.5 Å². The lowest BCUT2D eigenvalue weighted by Crippen LogP contribution is -2.25. The maximum absolute atomic E-state index is 13.7. The third-order valence-electron chi connectivity index (χ3n) is 5.17. The molecule has 3 aromatic carbocycles. The standard InChI is InChI=1S/C25H22N2O4S/c1-31-22-14-8-6-13-20(22)24-21(19-12-7-9-15-23(19)32(2,29)30)16-26-27(25(24)28)17-18-10-4-3-5-11-18/h3-16H,17H2,1-2H3. The third-order valence-corrected chi connectivity index (χ3v) is 6.33. The predicted molar refractivity (Wildman–Crippen MR) is 125 cm³/mol. The number of benzene rings is 3. The normalized spacial score (nSPS) is 11.3. The zero-order valence-corrected chi connectivity index (χ0v) is 18.5. The molecule has 0 saturated carbocycles. The number of aromatic nitrogens is 2. The molecule has 0 unspecified atom stereocenters. The Balaban J connectivity index is 2.02. The lowest BCUT2D eigenvalue weighted by Gasteiger charge is -2.16. The number of methoxy groups -OCH3 is 1. The van der Waals surface area contributed by atoms with Crippen molar-refractivity contribution in [1.82, 2.24) is 9.78 Å². The molecule has 0 fully saturated rings. The molecule has 162 valence electrons. The summed E-state index contributed by atoms with van der Waals surface area (Å²) in [5.41, 5.74) is 2.36. The van der Waals surface area contributed by atoms with Gasteiger partial charge in [-0.25, -0.2) is 13.1 Å². The largest absolute Gasteiger partial charge is 0.496 e. The fourth-order valence-corrected chi connectivity index (χ4v) is 4.59. The number of sulfone groups is 1. The van der Waals surface area contributed by atoms with Gasteiger partial charge in [-0.1, -0.05) is 66.7 Å². The highest BCUT2D eigenvalue weighted by Crippen LogP contribution is 2.36. The number of nitrogens with zero attached hydrogens (tertiary/aromatic N) is 2. The van der Waals surface area contributed by atoms with E-state index in [0.717, 1.165) is 11.8 Å². The van der Waals surface area contributed by atoms with E-state index in [1.165, 1.54) is 17.9 Å². The Bertz CT molecular complexity index is 1430. The van der Waals surface area contributed by atoms with Crippen molar-refractivity contribution in [2.24, 2.45) is 0 Å². The summed E-state index contributed by atoms with van der Waals surface area (Å²) < 4.78 is 31.8. The molecule has 0 N–H and O–H groups in total. The molecule has 32 heavy (non-hydrogen) atoms. The maximum atomic E-state index is 13.7. The monoisotopic (exact) mass is 446 g/mol. The van der Waals surface area contributed by atoms with E-state index < -0.39 is 9.84 Å². The summed E-state index contributed by atoms with van der Waals surface area (Å²) in [4.78, 5) is 13.8. The van der Waals surface area contributed by atoms with Crippen LogP contribution >= 0.6 is 0 Å². The first-order chi connectivity index (χ1) is 15.4. The summed E-state index contributed by atoms with van der Waals surface area (Å²) in [5.74, 6) is 0.514. The lowest BCUT2D eigenvalue weighted by atomic mass is 9.96. The Morgan fingerprint density at radius 3 is 2.16 bits per heavy atom. The summed E-state index contributed by atoms with van der Waals surface area (Å²) >= 11 is 0. The van der Waals surface area contributed by atoms with Crippen LogP contribution in [0.1, 0.15) is 5.56 Å². The molecule has 0 radical (unpaired) electrons. The highest BCUT2D eigenvalue weighted by Gasteiger charge is 2.22. The lowest BCUT2D eigenvalue weighted by molar-refractivity contribution is 0.416. The first-order valence-electron chi connectivity index (χ1n) is 9.97. The highest BCUT2D eigenvalue weighted by molar-refractivity contribution is 7.90. The average molecular weight is 447 g/mol. The molecule has 1 heterocycles. The van der Waals surface area contributed by atoms with Gasteiger partial charge in [-0.15, -0.1) is 0 Å². The molecule has 0 aliphatic carbocycles. The molecular weight excluding hydrogens is 424 g/mol. The zero-order valence-electron chi connectivity index (χ0n) is 17.7. The maximum Gasteiger partial charge on any atom is 0.275 e. The molecule has 0 atom stereocenters. The molecule has 0 aliphatic heterocycles. The smallest absolute Gasteiger partial charge is 0.275 e. The summed E-state index contributed by atoms with van der Waals surface area (Å²) in [6.07, 6.45) is 2.70. The van der Waals surface area contributed by atoms with E-state index in [4.69, 9.17) is 4.74 Å². The van der Waals surface area contributed by atoms with Crippen LogP contribution in [0.3, 0.4) is 0 Å². The van der Waals surface area contributed by atoms with Gasteiger partial charge in [-0.05, 0) is 17.7 Å². The molecule has 0 spiro atoms. The quantitative estimate of drug-likeness (QED) is 0.447. The second-order valence-electron chi connectivity index (χ2n) is 7.35. The van der Waals surface area contributed by atoms with Crippen molar-refractivity contribution in [3.8, 4) is 28.0 Å². The third kappa shape index (κ3) is 4.20. The number of rotatable bonds is 6. The predicted octanol–water partition coefficient (Wildman–Crippen LogP) is 4.04. The number of hydrogen-bond acceptors (Lipinski definition) is 5. The SMILES string of the molecule is COc1ccccc1-c1c(-c2ccccc2S(C)(=O)=O)cnn(Cc2ccccc2)c1=O. The van der Waals surface area contributed by atoms with E-state index in [9.17, 15) is 13.2 Å². The van der Waals surface area contributed by atoms with Gasteiger partial charge in [0.25, 0.3) is 5.56 Å². The minimum absolute atomic E-state index is 0.137. The molecule has 0 bridgehead atoms. The van der Waals surface area contributed by atoms with Crippen molar-refractivity contribution in [3.05, 3.63) is 101 Å². The van der Waals surface area contributed by atoms with Crippen molar-refractivity contribution in [3.63, 3.8) is 0 Å². The Hall–Kier alpha value is -3.71. The molecule has 1 aromatic heterocycles. The number of para-hydroxylation sites is 1. The molecule has 0 saturated heterocycles. The Morgan fingerprint density at radius 2 is 1.47 bits per heavy atom. The number of hydrogen-bond donors (Lipinski definition) is 0. The van der Waals surface area contributed by atoms with Gasteiger partial charge in [0.1, 0.15) is 5.75 Å². The van der Waals surface area contributed by atoms with Gasteiger partial charge in [0.15, 0.2) is 9.84 Å². The van der Waals surface area contributed by atoms with E-state index in [1.807, 2.05) is 42.5 Å². The molecule has 4 rings (SSSR count). The van der Waals surface area contributed by atoms with Gasteiger partial charge in [0, 0.05) is 22.9 Å². The minimum atomic E-state index is -3.54. The molecule has 0 amide bonds. The van der Waals surface area contributed by atoms with Gasteiger partial charge in [-0.3, -0.25) is 4.79 Å². The molecule has 0 aliphatic rings. The zero-order chi connectivity index (χ0) is 22.7. The topological polar surface area (TPSA) is 78.3 Å². The second kappa shape index (κ2) is 8.80. The van der Waals surface area contributed by atoms with Crippen LogP contribution in [-0.4, -0.2) is 31.6 Å². The van der Waals surface area contributed by atoms with Crippen molar-refractivity contribution in [2.45, 2.75) is 11.4 Å². The van der Waals surface area contributed by atoms with E-state index in [2.05, 4.69) is 5.10 Å². The molecule has 7 heteroatoms. The average Bonchev–Trinajstić information content (AvgIpc) is 2.80. The van der Waals surface area contributed by atoms with Gasteiger partial charge in [0.2, 0.25) is 0 Å². The molecule has 6 nitrogen and oxygen atoms in total. The van der Waals surface area contributed by atoms with E-state index in [-0.39, 0.29) is 17.0 Å². The summed E-state index contributed by atoms with van der Waals surface area (Å²) in [6.45, 7) is 0.288. The minimum Gasteiger partial charge on any atom is -0.496 e. The van der Waals surface area contributed by atoms with E-state index in [0.29, 0.717) is 28.0 Å². The summed E-state index contributed by atoms with van der Waals surface area (Å²) in [5, 5.41) is 4.38. The van der Waals surface area contributed by atoms with Crippen molar-refractivity contribution in [1.29, 1.82) is 0 Å². The Morgan fingerprint density at radius 1 is 0.844 bits per heavy atom. The van der Waals surface area contributed by atoms with Gasteiger partial charge in [0.05, 0.1) is 30.3 Å². The van der Waals surface area contributed by atoms with Crippen molar-refractivity contribution in [2.75, 3.05) is 13.4 Å². The first kappa shape index (κ1) is 21.5.